The minimum atomic E-state index is -1.27. The second-order valence-corrected chi connectivity index (χ2v) is 6.76. The Morgan fingerprint density at radius 2 is 2.20 bits per heavy atom. The Hall–Kier alpha value is -1.40. The van der Waals surface area contributed by atoms with Gasteiger partial charge >= 0.3 is 0 Å². The van der Waals surface area contributed by atoms with Crippen LogP contribution in [-0.2, 0) is 23.1 Å². The summed E-state index contributed by atoms with van der Waals surface area (Å²) < 4.78 is 14.2. The number of hydrogen-bond acceptors (Lipinski definition) is 4. The van der Waals surface area contributed by atoms with E-state index in [1.54, 1.807) is 22.9 Å². The molecule has 0 aliphatic carbocycles. The molecule has 0 radical (unpaired) electrons. The van der Waals surface area contributed by atoms with E-state index in [-0.39, 0.29) is 5.75 Å². The molecule has 2 N–H and O–H groups in total. The maximum Gasteiger partial charge on any atom is 0.139 e. The van der Waals surface area contributed by atoms with Gasteiger partial charge in [-0.1, -0.05) is 25.4 Å². The van der Waals surface area contributed by atoms with E-state index in [1.807, 2.05) is 0 Å². The van der Waals surface area contributed by atoms with Crippen LogP contribution in [0.1, 0.15) is 19.7 Å². The van der Waals surface area contributed by atoms with Crippen LogP contribution in [0, 0.1) is 5.92 Å². The lowest BCUT2D eigenvalue weighted by Gasteiger charge is -2.09. The molecule has 0 spiro atoms. The summed E-state index contributed by atoms with van der Waals surface area (Å²) in [5.41, 5.74) is 6.19. The first-order valence-corrected chi connectivity index (χ1v) is 7.97. The Morgan fingerprint density at radius 3 is 2.85 bits per heavy atom. The summed E-state index contributed by atoms with van der Waals surface area (Å²) in [5, 5.41) is 4.57. The van der Waals surface area contributed by atoms with Gasteiger partial charge in [-0.05, 0) is 24.1 Å². The molecular weight excluding hydrogens is 296 g/mol. The van der Waals surface area contributed by atoms with E-state index >= 15 is 0 Å². The quantitative estimate of drug-likeness (QED) is 0.861. The summed E-state index contributed by atoms with van der Waals surface area (Å²) in [7, 11) is -1.27. The van der Waals surface area contributed by atoms with E-state index in [4.69, 9.17) is 17.3 Å². The van der Waals surface area contributed by atoms with Gasteiger partial charge in [-0.2, -0.15) is 5.10 Å². The molecule has 20 heavy (non-hydrogen) atoms. The van der Waals surface area contributed by atoms with Gasteiger partial charge < -0.3 is 5.73 Å². The SMILES string of the molecule is CC(C)Cn1ncnc1CS(=O)c1ccc(N)cc1Cl. The molecule has 1 heterocycles. The van der Waals surface area contributed by atoms with Gasteiger partial charge in [0, 0.05) is 12.2 Å². The molecular formula is C13H17ClN4OS. The average Bonchev–Trinajstić information content (AvgIpc) is 2.75. The monoisotopic (exact) mass is 312 g/mol. The van der Waals surface area contributed by atoms with Crippen LogP contribution in [-0.4, -0.2) is 19.0 Å². The predicted molar refractivity (Wildman–Crippen MR) is 80.8 cm³/mol. The minimum Gasteiger partial charge on any atom is -0.399 e. The zero-order valence-electron chi connectivity index (χ0n) is 11.4. The van der Waals surface area contributed by atoms with E-state index in [2.05, 4.69) is 23.9 Å². The lowest BCUT2D eigenvalue weighted by atomic mass is 10.2. The van der Waals surface area contributed by atoms with Crippen LogP contribution >= 0.6 is 11.6 Å². The first-order valence-electron chi connectivity index (χ1n) is 6.27. The molecule has 0 aliphatic heterocycles. The number of rotatable bonds is 5. The molecule has 1 aromatic heterocycles. The number of nitrogens with zero attached hydrogens (tertiary/aromatic N) is 3. The van der Waals surface area contributed by atoms with Crippen LogP contribution in [0.15, 0.2) is 29.4 Å². The highest BCUT2D eigenvalue weighted by molar-refractivity contribution is 7.84. The summed E-state index contributed by atoms with van der Waals surface area (Å²) in [6, 6.07) is 4.99. The van der Waals surface area contributed by atoms with E-state index in [9.17, 15) is 4.21 Å². The van der Waals surface area contributed by atoms with Crippen LogP contribution in [0.4, 0.5) is 5.69 Å². The van der Waals surface area contributed by atoms with E-state index in [0.717, 1.165) is 6.54 Å². The molecule has 0 bridgehead atoms. The molecule has 5 nitrogen and oxygen atoms in total. The van der Waals surface area contributed by atoms with Crippen LogP contribution in [0.3, 0.4) is 0 Å². The van der Waals surface area contributed by atoms with Crippen LogP contribution in [0.25, 0.3) is 0 Å². The maximum absolute atomic E-state index is 12.4. The Morgan fingerprint density at radius 1 is 1.45 bits per heavy atom. The molecule has 0 saturated heterocycles. The number of nitrogens with two attached hydrogens (primary N) is 1. The largest absolute Gasteiger partial charge is 0.399 e. The van der Waals surface area contributed by atoms with E-state index < -0.39 is 10.8 Å². The molecule has 0 amide bonds. The van der Waals surface area contributed by atoms with Gasteiger partial charge in [-0.25, -0.2) is 9.67 Å². The third-order valence-corrected chi connectivity index (χ3v) is 4.49. The Labute approximate surface area is 125 Å². The molecule has 0 aliphatic rings. The van der Waals surface area contributed by atoms with Gasteiger partial charge in [-0.15, -0.1) is 0 Å². The van der Waals surface area contributed by atoms with Crippen molar-refractivity contribution in [1.82, 2.24) is 14.8 Å². The van der Waals surface area contributed by atoms with Crippen molar-refractivity contribution in [2.24, 2.45) is 5.92 Å². The molecule has 2 aromatic rings. The average molecular weight is 313 g/mol. The van der Waals surface area contributed by atoms with Crippen LogP contribution in [0.2, 0.25) is 5.02 Å². The van der Waals surface area contributed by atoms with Crippen molar-refractivity contribution in [3.63, 3.8) is 0 Å². The van der Waals surface area contributed by atoms with Crippen molar-refractivity contribution in [3.8, 4) is 0 Å². The summed E-state index contributed by atoms with van der Waals surface area (Å²) >= 11 is 6.07. The number of benzene rings is 1. The number of halogens is 1. The number of anilines is 1. The van der Waals surface area contributed by atoms with Gasteiger partial charge in [0.05, 0.1) is 26.5 Å². The molecule has 108 valence electrons. The lowest BCUT2D eigenvalue weighted by Crippen LogP contribution is -2.12. The topological polar surface area (TPSA) is 73.8 Å². The van der Waals surface area contributed by atoms with Gasteiger partial charge in [0.25, 0.3) is 0 Å². The van der Waals surface area contributed by atoms with Gasteiger partial charge in [0.1, 0.15) is 12.2 Å². The Bertz CT molecular complexity index is 627. The second kappa shape index (κ2) is 6.37. The highest BCUT2D eigenvalue weighted by Crippen LogP contribution is 2.23. The zero-order valence-corrected chi connectivity index (χ0v) is 13.0. The lowest BCUT2D eigenvalue weighted by molar-refractivity contribution is 0.471. The van der Waals surface area contributed by atoms with Crippen molar-refractivity contribution in [1.29, 1.82) is 0 Å². The van der Waals surface area contributed by atoms with Crippen molar-refractivity contribution >= 4 is 28.1 Å². The van der Waals surface area contributed by atoms with Gasteiger partial charge in [0.2, 0.25) is 0 Å². The fourth-order valence-corrected chi connectivity index (χ4v) is 3.35. The summed E-state index contributed by atoms with van der Waals surface area (Å²) in [5.74, 6) is 1.44. The summed E-state index contributed by atoms with van der Waals surface area (Å²) in [4.78, 5) is 4.74. The predicted octanol–water partition coefficient (Wildman–Crippen LogP) is 2.48. The van der Waals surface area contributed by atoms with Crippen LogP contribution < -0.4 is 5.73 Å². The number of nitrogen functional groups attached to an aromatic ring is 1. The fourth-order valence-electron chi connectivity index (χ4n) is 1.79. The molecule has 0 saturated carbocycles. The van der Waals surface area contributed by atoms with Crippen molar-refractivity contribution in [2.75, 3.05) is 5.73 Å². The first-order chi connectivity index (χ1) is 9.47. The standard InChI is InChI=1S/C13H17ClN4OS/c1-9(2)6-18-13(16-8-17-18)7-20(19)12-4-3-10(15)5-11(12)14/h3-5,8-9H,6-7,15H2,1-2H3. The van der Waals surface area contributed by atoms with Crippen LogP contribution in [0.5, 0.6) is 0 Å². The highest BCUT2D eigenvalue weighted by Gasteiger charge is 2.14. The van der Waals surface area contributed by atoms with Crippen molar-refractivity contribution in [3.05, 3.63) is 35.4 Å². The fraction of sp³-hybridized carbons (Fsp3) is 0.385. The Balaban J connectivity index is 2.17. The third kappa shape index (κ3) is 3.58. The minimum absolute atomic E-state index is 0.288. The smallest absolute Gasteiger partial charge is 0.139 e. The first kappa shape index (κ1) is 15.0. The van der Waals surface area contributed by atoms with E-state index in [0.29, 0.717) is 27.3 Å². The summed E-state index contributed by atoms with van der Waals surface area (Å²) in [6.07, 6.45) is 1.49. The number of hydrogen-bond donors (Lipinski definition) is 1. The molecule has 1 unspecified atom stereocenters. The second-order valence-electron chi connectivity index (χ2n) is 4.93. The normalized spacial score (nSPS) is 12.8. The molecule has 0 fully saturated rings. The third-order valence-electron chi connectivity index (χ3n) is 2.70. The van der Waals surface area contributed by atoms with E-state index in [1.165, 1.54) is 6.33 Å². The summed E-state index contributed by atoms with van der Waals surface area (Å²) in [6.45, 7) is 4.94. The molecule has 7 heteroatoms. The highest BCUT2D eigenvalue weighted by atomic mass is 35.5. The van der Waals surface area contributed by atoms with Crippen molar-refractivity contribution in [2.45, 2.75) is 31.0 Å². The van der Waals surface area contributed by atoms with Gasteiger partial charge in [0.15, 0.2) is 0 Å². The van der Waals surface area contributed by atoms with Crippen molar-refractivity contribution < 1.29 is 4.21 Å². The Kier molecular flexibility index (Phi) is 4.77. The zero-order chi connectivity index (χ0) is 14.7. The number of aromatic nitrogens is 3. The maximum atomic E-state index is 12.4. The molecule has 1 aromatic carbocycles. The molecule has 2 rings (SSSR count). The van der Waals surface area contributed by atoms with Gasteiger partial charge in [-0.3, -0.25) is 4.21 Å². The molecule has 1 atom stereocenters.